The minimum Gasteiger partial charge on any atom is -0.466 e. The predicted molar refractivity (Wildman–Crippen MR) is 106 cm³/mol. The molecule has 2 aromatic rings. The van der Waals surface area contributed by atoms with Crippen LogP contribution in [0.3, 0.4) is 0 Å². The highest BCUT2D eigenvalue weighted by Crippen LogP contribution is 2.33. The molecule has 0 aliphatic carbocycles. The summed E-state index contributed by atoms with van der Waals surface area (Å²) in [5.74, 6) is -5.02. The van der Waals surface area contributed by atoms with Gasteiger partial charge < -0.3 is 24.3 Å². The second-order valence-corrected chi connectivity index (χ2v) is 6.52. The molecular weight excluding hydrogens is 492 g/mol. The van der Waals surface area contributed by atoms with Crippen LogP contribution in [0.25, 0.3) is 0 Å². The van der Waals surface area contributed by atoms with Gasteiger partial charge in [-0.25, -0.2) is 0 Å². The van der Waals surface area contributed by atoms with Gasteiger partial charge in [-0.05, 0) is 19.1 Å². The van der Waals surface area contributed by atoms with Gasteiger partial charge in [-0.3, -0.25) is 14.4 Å². The smallest absolute Gasteiger partial charge is 0.466 e. The molecule has 8 nitrogen and oxygen atoms in total. The SMILES string of the molecule is CCOC(=O)CCC(=O)Oc1ccccc1C(=O)Nc1cc(OC(F)(F)F)cc(OC(F)(F)F)c1. The van der Waals surface area contributed by atoms with Crippen molar-refractivity contribution in [1.29, 1.82) is 0 Å². The predicted octanol–water partition coefficient (Wildman–Crippen LogP) is 4.98. The standard InChI is InChI=1S/C21H17F6NO7/c1-2-32-17(29)7-8-18(30)33-16-6-4-3-5-15(16)19(31)28-12-9-13(34-20(22,23)24)11-14(10-12)35-21(25,26)27/h3-6,9-11H,2,7-8H2,1H3,(H,28,31). The number of alkyl halides is 6. The maximum Gasteiger partial charge on any atom is 0.573 e. The van der Waals surface area contributed by atoms with Crippen LogP contribution in [-0.4, -0.2) is 37.2 Å². The van der Waals surface area contributed by atoms with Crippen LogP contribution in [0.1, 0.15) is 30.1 Å². The number of halogens is 6. The molecule has 0 saturated carbocycles. The van der Waals surface area contributed by atoms with E-state index in [0.717, 1.165) is 0 Å². The molecule has 190 valence electrons. The van der Waals surface area contributed by atoms with E-state index in [1.165, 1.54) is 24.3 Å². The van der Waals surface area contributed by atoms with Gasteiger partial charge in [-0.2, -0.15) is 0 Å². The molecule has 0 aromatic heterocycles. The van der Waals surface area contributed by atoms with Crippen molar-refractivity contribution in [3.8, 4) is 17.2 Å². The lowest BCUT2D eigenvalue weighted by atomic mass is 10.1. The van der Waals surface area contributed by atoms with E-state index in [2.05, 4.69) is 19.5 Å². The van der Waals surface area contributed by atoms with E-state index in [9.17, 15) is 40.7 Å². The molecule has 0 spiro atoms. The number of anilines is 1. The van der Waals surface area contributed by atoms with Crippen LogP contribution in [0.5, 0.6) is 17.2 Å². The Labute approximate surface area is 193 Å². The van der Waals surface area contributed by atoms with Gasteiger partial charge in [-0.1, -0.05) is 12.1 Å². The van der Waals surface area contributed by atoms with Crippen LogP contribution in [0, 0.1) is 0 Å². The van der Waals surface area contributed by atoms with Crippen LogP contribution >= 0.6 is 0 Å². The van der Waals surface area contributed by atoms with Crippen molar-refractivity contribution in [3.63, 3.8) is 0 Å². The van der Waals surface area contributed by atoms with Crippen LogP contribution in [0.15, 0.2) is 42.5 Å². The van der Waals surface area contributed by atoms with Crippen LogP contribution in [-0.2, 0) is 14.3 Å². The highest BCUT2D eigenvalue weighted by Gasteiger charge is 2.34. The number of rotatable bonds is 9. The Morgan fingerprint density at radius 1 is 0.829 bits per heavy atom. The number of hydrogen-bond donors (Lipinski definition) is 1. The molecule has 1 amide bonds. The maximum absolute atomic E-state index is 12.7. The fourth-order valence-electron chi connectivity index (χ4n) is 2.58. The van der Waals surface area contributed by atoms with Crippen molar-refractivity contribution in [2.24, 2.45) is 0 Å². The topological polar surface area (TPSA) is 100 Å². The first-order valence-corrected chi connectivity index (χ1v) is 9.69. The molecule has 0 atom stereocenters. The number of amides is 1. The zero-order chi connectivity index (χ0) is 26.2. The molecule has 0 heterocycles. The molecule has 0 saturated heterocycles. The number of carbonyl (C=O) groups excluding carboxylic acids is 3. The summed E-state index contributed by atoms with van der Waals surface area (Å²) in [7, 11) is 0. The van der Waals surface area contributed by atoms with Crippen molar-refractivity contribution < 1.29 is 59.7 Å². The van der Waals surface area contributed by atoms with Gasteiger partial charge in [0.25, 0.3) is 5.91 Å². The first-order chi connectivity index (χ1) is 16.3. The first-order valence-electron chi connectivity index (χ1n) is 9.69. The van der Waals surface area contributed by atoms with E-state index in [-0.39, 0.29) is 30.8 Å². The summed E-state index contributed by atoms with van der Waals surface area (Å²) >= 11 is 0. The largest absolute Gasteiger partial charge is 0.573 e. The summed E-state index contributed by atoms with van der Waals surface area (Å²) in [5.41, 5.74) is -0.822. The third-order valence-corrected chi connectivity index (χ3v) is 3.80. The summed E-state index contributed by atoms with van der Waals surface area (Å²) in [6.45, 7) is 1.69. The minimum absolute atomic E-state index is 0.113. The molecule has 0 fully saturated rings. The Balaban J connectivity index is 2.23. The summed E-state index contributed by atoms with van der Waals surface area (Å²) < 4.78 is 92.3. The summed E-state index contributed by atoms with van der Waals surface area (Å²) in [4.78, 5) is 36.0. The van der Waals surface area contributed by atoms with E-state index >= 15 is 0 Å². The lowest BCUT2D eigenvalue weighted by Gasteiger charge is -2.15. The Morgan fingerprint density at radius 3 is 1.91 bits per heavy atom. The zero-order valence-corrected chi connectivity index (χ0v) is 17.8. The van der Waals surface area contributed by atoms with Crippen molar-refractivity contribution in [2.75, 3.05) is 11.9 Å². The van der Waals surface area contributed by atoms with Crippen molar-refractivity contribution >= 4 is 23.5 Å². The van der Waals surface area contributed by atoms with Crippen LogP contribution < -0.4 is 19.5 Å². The van der Waals surface area contributed by atoms with E-state index in [4.69, 9.17) is 4.74 Å². The van der Waals surface area contributed by atoms with Gasteiger partial charge in [0, 0.05) is 23.9 Å². The molecule has 0 aliphatic rings. The summed E-state index contributed by atoms with van der Waals surface area (Å²) in [6.07, 6.45) is -11.1. The van der Waals surface area contributed by atoms with E-state index < -0.39 is 47.8 Å². The summed E-state index contributed by atoms with van der Waals surface area (Å²) in [5, 5.41) is 2.09. The minimum atomic E-state index is -5.23. The second-order valence-electron chi connectivity index (χ2n) is 6.52. The molecule has 0 aliphatic heterocycles. The van der Waals surface area contributed by atoms with Gasteiger partial charge >= 0.3 is 24.7 Å². The maximum atomic E-state index is 12.7. The van der Waals surface area contributed by atoms with E-state index in [0.29, 0.717) is 18.2 Å². The Hall–Kier alpha value is -3.97. The first kappa shape index (κ1) is 27.3. The van der Waals surface area contributed by atoms with E-state index in [1.807, 2.05) is 0 Å². The number of esters is 2. The Morgan fingerprint density at radius 2 is 1.37 bits per heavy atom. The Kier molecular flexibility index (Phi) is 8.92. The number of para-hydroxylation sites is 1. The molecule has 14 heteroatoms. The third-order valence-electron chi connectivity index (χ3n) is 3.80. The fraction of sp³-hybridized carbons (Fsp3) is 0.286. The van der Waals surface area contributed by atoms with Crippen molar-refractivity contribution in [1.82, 2.24) is 0 Å². The molecule has 0 radical (unpaired) electrons. The molecule has 0 bridgehead atoms. The van der Waals surface area contributed by atoms with Gasteiger partial charge in [0.2, 0.25) is 0 Å². The molecular formula is C21H17F6NO7. The zero-order valence-electron chi connectivity index (χ0n) is 17.8. The van der Waals surface area contributed by atoms with E-state index in [1.54, 1.807) is 6.92 Å². The molecule has 2 aromatic carbocycles. The number of hydrogen-bond acceptors (Lipinski definition) is 7. The quantitative estimate of drug-likeness (QED) is 0.289. The molecule has 0 unspecified atom stereocenters. The van der Waals surface area contributed by atoms with Gasteiger partial charge in [0.15, 0.2) is 0 Å². The summed E-state index contributed by atoms with van der Waals surface area (Å²) in [6, 6.07) is 6.73. The normalized spacial score (nSPS) is 11.4. The molecule has 35 heavy (non-hydrogen) atoms. The fourth-order valence-corrected chi connectivity index (χ4v) is 2.58. The monoisotopic (exact) mass is 509 g/mol. The molecule has 2 rings (SSSR count). The lowest BCUT2D eigenvalue weighted by molar-refractivity contribution is -0.276. The van der Waals surface area contributed by atoms with Crippen molar-refractivity contribution in [2.45, 2.75) is 32.5 Å². The average Bonchev–Trinajstić information content (AvgIpc) is 2.70. The number of nitrogens with one attached hydrogen (secondary N) is 1. The molecule has 1 N–H and O–H groups in total. The third kappa shape index (κ3) is 9.81. The number of ether oxygens (including phenoxy) is 4. The Bertz CT molecular complexity index is 1030. The second kappa shape index (κ2) is 11.4. The average molecular weight is 509 g/mol. The van der Waals surface area contributed by atoms with Crippen molar-refractivity contribution in [3.05, 3.63) is 48.0 Å². The number of benzene rings is 2. The van der Waals surface area contributed by atoms with Crippen LogP contribution in [0.2, 0.25) is 0 Å². The van der Waals surface area contributed by atoms with Crippen LogP contribution in [0.4, 0.5) is 32.0 Å². The highest BCUT2D eigenvalue weighted by atomic mass is 19.4. The van der Waals surface area contributed by atoms with Gasteiger partial charge in [-0.15, -0.1) is 26.3 Å². The van der Waals surface area contributed by atoms with Gasteiger partial charge in [0.05, 0.1) is 25.0 Å². The number of carbonyl (C=O) groups is 3. The highest BCUT2D eigenvalue weighted by molar-refractivity contribution is 6.06. The lowest BCUT2D eigenvalue weighted by Crippen LogP contribution is -2.20. The van der Waals surface area contributed by atoms with Gasteiger partial charge in [0.1, 0.15) is 17.2 Å².